The van der Waals surface area contributed by atoms with Gasteiger partial charge < -0.3 is 15.0 Å². The highest BCUT2D eigenvalue weighted by Crippen LogP contribution is 2.18. The smallest absolute Gasteiger partial charge is 0.251 e. The predicted octanol–water partition coefficient (Wildman–Crippen LogP) is 3.15. The molecule has 1 aliphatic heterocycles. The molecule has 0 bridgehead atoms. The minimum atomic E-state index is -0.282. The van der Waals surface area contributed by atoms with E-state index in [1.54, 1.807) is 12.1 Å². The molecule has 126 valence electrons. The molecule has 4 nitrogen and oxygen atoms in total. The molecule has 1 heterocycles. The van der Waals surface area contributed by atoms with Crippen molar-refractivity contribution in [1.29, 1.82) is 0 Å². The Labute approximate surface area is 141 Å². The summed E-state index contributed by atoms with van der Waals surface area (Å²) in [6, 6.07) is 13.6. The molecule has 0 aromatic heterocycles. The number of benzene rings is 2. The van der Waals surface area contributed by atoms with E-state index in [2.05, 4.69) is 10.2 Å². The monoisotopic (exact) mass is 328 g/mol. The SMILES string of the molecule is C[C@H](NC(=O)c1ccc(N2CCOCC2)cc1)c1ccc(F)cc1. The third-order valence-corrected chi connectivity index (χ3v) is 4.22. The zero-order valence-corrected chi connectivity index (χ0v) is 13.7. The number of carbonyl (C=O) groups is 1. The number of rotatable bonds is 4. The van der Waals surface area contributed by atoms with Crippen molar-refractivity contribution in [3.63, 3.8) is 0 Å². The van der Waals surface area contributed by atoms with E-state index in [1.165, 1.54) is 12.1 Å². The molecule has 3 rings (SSSR count). The second-order valence-electron chi connectivity index (χ2n) is 5.89. The highest BCUT2D eigenvalue weighted by Gasteiger charge is 2.14. The van der Waals surface area contributed by atoms with Crippen molar-refractivity contribution < 1.29 is 13.9 Å². The Morgan fingerprint density at radius 3 is 2.33 bits per heavy atom. The van der Waals surface area contributed by atoms with Gasteiger partial charge in [0.25, 0.3) is 5.91 Å². The Kier molecular flexibility index (Phi) is 5.11. The summed E-state index contributed by atoms with van der Waals surface area (Å²) in [7, 11) is 0. The first-order valence-electron chi connectivity index (χ1n) is 8.12. The van der Waals surface area contributed by atoms with Gasteiger partial charge in [-0.25, -0.2) is 4.39 Å². The molecule has 1 saturated heterocycles. The van der Waals surface area contributed by atoms with Gasteiger partial charge in [-0.15, -0.1) is 0 Å². The number of nitrogens with one attached hydrogen (secondary N) is 1. The largest absolute Gasteiger partial charge is 0.378 e. The van der Waals surface area contributed by atoms with Gasteiger partial charge >= 0.3 is 0 Å². The Balaban J connectivity index is 1.63. The van der Waals surface area contributed by atoms with E-state index in [4.69, 9.17) is 4.74 Å². The molecule has 2 aromatic rings. The Hall–Kier alpha value is -2.40. The maximum atomic E-state index is 13.0. The number of ether oxygens (including phenoxy) is 1. The molecular formula is C19H21FN2O2. The lowest BCUT2D eigenvalue weighted by molar-refractivity contribution is 0.0940. The Bertz CT molecular complexity index is 680. The third-order valence-electron chi connectivity index (χ3n) is 4.22. The van der Waals surface area contributed by atoms with Crippen molar-refractivity contribution in [2.45, 2.75) is 13.0 Å². The van der Waals surface area contributed by atoms with E-state index in [1.807, 2.05) is 31.2 Å². The van der Waals surface area contributed by atoms with Crippen LogP contribution in [0.5, 0.6) is 0 Å². The van der Waals surface area contributed by atoms with Crippen molar-refractivity contribution in [2.75, 3.05) is 31.2 Å². The van der Waals surface area contributed by atoms with Gasteiger partial charge in [-0.1, -0.05) is 12.1 Å². The second-order valence-corrected chi connectivity index (χ2v) is 5.89. The first-order valence-corrected chi connectivity index (χ1v) is 8.12. The third kappa shape index (κ3) is 3.92. The number of nitrogens with zero attached hydrogens (tertiary/aromatic N) is 1. The van der Waals surface area contributed by atoms with Gasteiger partial charge in [-0.05, 0) is 48.9 Å². The molecule has 1 atom stereocenters. The molecule has 1 amide bonds. The average molecular weight is 328 g/mol. The molecule has 0 spiro atoms. The van der Waals surface area contributed by atoms with Gasteiger partial charge in [-0.3, -0.25) is 4.79 Å². The van der Waals surface area contributed by atoms with Gasteiger partial charge in [0.15, 0.2) is 0 Å². The fraction of sp³-hybridized carbons (Fsp3) is 0.316. The van der Waals surface area contributed by atoms with Crippen molar-refractivity contribution in [1.82, 2.24) is 5.32 Å². The lowest BCUT2D eigenvalue weighted by atomic mass is 10.1. The number of anilines is 1. The summed E-state index contributed by atoms with van der Waals surface area (Å²) in [6.45, 7) is 5.09. The zero-order chi connectivity index (χ0) is 16.9. The highest BCUT2D eigenvalue weighted by molar-refractivity contribution is 5.94. The lowest BCUT2D eigenvalue weighted by Crippen LogP contribution is -2.36. The summed E-state index contributed by atoms with van der Waals surface area (Å²) < 4.78 is 18.3. The standard InChI is InChI=1S/C19H21FN2O2/c1-14(15-2-6-17(20)7-3-15)21-19(23)16-4-8-18(9-5-16)22-10-12-24-13-11-22/h2-9,14H,10-13H2,1H3,(H,21,23)/t14-/m0/s1. The van der Waals surface area contributed by atoms with Crippen molar-refractivity contribution >= 4 is 11.6 Å². The van der Waals surface area contributed by atoms with Gasteiger partial charge in [-0.2, -0.15) is 0 Å². The molecule has 1 fully saturated rings. The Morgan fingerprint density at radius 2 is 1.71 bits per heavy atom. The summed E-state index contributed by atoms with van der Waals surface area (Å²) in [5.74, 6) is -0.420. The summed E-state index contributed by atoms with van der Waals surface area (Å²) in [4.78, 5) is 14.6. The lowest BCUT2D eigenvalue weighted by Gasteiger charge is -2.28. The average Bonchev–Trinajstić information content (AvgIpc) is 2.63. The number of halogens is 1. The molecule has 24 heavy (non-hydrogen) atoms. The fourth-order valence-electron chi connectivity index (χ4n) is 2.76. The van der Waals surface area contributed by atoms with Crippen molar-refractivity contribution in [3.05, 3.63) is 65.5 Å². The van der Waals surface area contributed by atoms with Gasteiger partial charge in [0, 0.05) is 24.3 Å². The van der Waals surface area contributed by atoms with Crippen LogP contribution in [0.15, 0.2) is 48.5 Å². The zero-order valence-electron chi connectivity index (χ0n) is 13.7. The summed E-state index contributed by atoms with van der Waals surface area (Å²) in [5.41, 5.74) is 2.58. The van der Waals surface area contributed by atoms with Crippen LogP contribution in [0, 0.1) is 5.82 Å². The first-order chi connectivity index (χ1) is 11.6. The molecule has 1 N–H and O–H groups in total. The molecule has 5 heteroatoms. The molecule has 1 aliphatic rings. The van der Waals surface area contributed by atoms with Crippen LogP contribution in [0.25, 0.3) is 0 Å². The van der Waals surface area contributed by atoms with E-state index in [-0.39, 0.29) is 17.8 Å². The fourth-order valence-corrected chi connectivity index (χ4v) is 2.76. The maximum Gasteiger partial charge on any atom is 0.251 e. The summed E-state index contributed by atoms with van der Waals surface area (Å²) >= 11 is 0. The van der Waals surface area contributed by atoms with Crippen LogP contribution in [-0.2, 0) is 4.74 Å². The number of morpholine rings is 1. The topological polar surface area (TPSA) is 41.6 Å². The molecular weight excluding hydrogens is 307 g/mol. The normalized spacial score (nSPS) is 15.8. The van der Waals surface area contributed by atoms with E-state index in [0.29, 0.717) is 5.56 Å². The molecule has 0 unspecified atom stereocenters. The van der Waals surface area contributed by atoms with E-state index in [0.717, 1.165) is 37.6 Å². The molecule has 0 radical (unpaired) electrons. The van der Waals surface area contributed by atoms with Crippen LogP contribution in [-0.4, -0.2) is 32.2 Å². The Morgan fingerprint density at radius 1 is 1.08 bits per heavy atom. The van der Waals surface area contributed by atoms with E-state index in [9.17, 15) is 9.18 Å². The molecule has 2 aromatic carbocycles. The first kappa shape index (κ1) is 16.5. The van der Waals surface area contributed by atoms with Crippen LogP contribution < -0.4 is 10.2 Å². The van der Waals surface area contributed by atoms with Gasteiger partial charge in [0.1, 0.15) is 5.82 Å². The van der Waals surface area contributed by atoms with Crippen LogP contribution in [0.1, 0.15) is 28.9 Å². The number of hydrogen-bond donors (Lipinski definition) is 1. The van der Waals surface area contributed by atoms with Crippen molar-refractivity contribution in [3.8, 4) is 0 Å². The minimum Gasteiger partial charge on any atom is -0.378 e. The molecule has 0 aliphatic carbocycles. The van der Waals surface area contributed by atoms with Crippen LogP contribution in [0.2, 0.25) is 0 Å². The summed E-state index contributed by atoms with van der Waals surface area (Å²) in [5, 5.41) is 2.94. The van der Waals surface area contributed by atoms with Crippen molar-refractivity contribution in [2.24, 2.45) is 0 Å². The maximum absolute atomic E-state index is 13.0. The number of amides is 1. The van der Waals surface area contributed by atoms with E-state index < -0.39 is 0 Å². The number of carbonyl (C=O) groups excluding carboxylic acids is 1. The predicted molar refractivity (Wildman–Crippen MR) is 91.8 cm³/mol. The minimum absolute atomic E-state index is 0.139. The number of hydrogen-bond acceptors (Lipinski definition) is 3. The van der Waals surface area contributed by atoms with Crippen LogP contribution >= 0.6 is 0 Å². The van der Waals surface area contributed by atoms with E-state index >= 15 is 0 Å². The second kappa shape index (κ2) is 7.45. The van der Waals surface area contributed by atoms with Crippen LogP contribution in [0.3, 0.4) is 0 Å². The summed E-state index contributed by atoms with van der Waals surface area (Å²) in [6.07, 6.45) is 0. The van der Waals surface area contributed by atoms with Crippen LogP contribution in [0.4, 0.5) is 10.1 Å². The van der Waals surface area contributed by atoms with Gasteiger partial charge in [0.2, 0.25) is 0 Å². The quantitative estimate of drug-likeness (QED) is 0.937. The molecule has 0 saturated carbocycles. The van der Waals surface area contributed by atoms with Gasteiger partial charge in [0.05, 0.1) is 19.3 Å². The highest BCUT2D eigenvalue weighted by atomic mass is 19.1.